The van der Waals surface area contributed by atoms with Gasteiger partial charge in [0.15, 0.2) is 0 Å². The van der Waals surface area contributed by atoms with Crippen LogP contribution in [0, 0.1) is 5.92 Å². The maximum Gasteiger partial charge on any atom is 0.223 e. The number of carbonyl (C=O) groups is 1. The number of anilines is 1. The minimum Gasteiger partial charge on any atom is -0.360 e. The number of H-pyrrole nitrogens is 1. The van der Waals surface area contributed by atoms with Gasteiger partial charge in [-0.3, -0.25) is 4.79 Å². The molecule has 1 aliphatic heterocycles. The van der Waals surface area contributed by atoms with Gasteiger partial charge >= 0.3 is 0 Å². The third-order valence-corrected chi connectivity index (χ3v) is 6.93. The highest BCUT2D eigenvalue weighted by Gasteiger charge is 2.27. The van der Waals surface area contributed by atoms with Gasteiger partial charge in [-0.25, -0.2) is 9.97 Å². The fourth-order valence-corrected chi connectivity index (χ4v) is 5.12. The van der Waals surface area contributed by atoms with Gasteiger partial charge in [0, 0.05) is 40.7 Å². The first-order chi connectivity index (χ1) is 15.7. The summed E-state index contributed by atoms with van der Waals surface area (Å²) in [5.74, 6) is 0.925. The lowest BCUT2D eigenvalue weighted by molar-refractivity contribution is -0.126. The predicted octanol–water partition coefficient (Wildman–Crippen LogP) is 4.12. The van der Waals surface area contributed by atoms with E-state index in [9.17, 15) is 4.79 Å². The van der Waals surface area contributed by atoms with Gasteiger partial charge < -0.3 is 20.9 Å². The number of benzene rings is 1. The zero-order valence-electron chi connectivity index (χ0n) is 18.0. The van der Waals surface area contributed by atoms with Gasteiger partial charge in [0.2, 0.25) is 11.9 Å². The Labute approximate surface area is 192 Å². The lowest BCUT2D eigenvalue weighted by Crippen LogP contribution is -2.46. The van der Waals surface area contributed by atoms with Gasteiger partial charge in [-0.15, -0.1) is 0 Å². The number of halogens is 1. The number of nitrogens with one attached hydrogen (secondary N) is 4. The second kappa shape index (κ2) is 9.46. The van der Waals surface area contributed by atoms with E-state index < -0.39 is 0 Å². The Morgan fingerprint density at radius 3 is 2.78 bits per heavy atom. The zero-order valence-corrected chi connectivity index (χ0v) is 18.8. The molecule has 3 aromatic rings. The molecule has 1 saturated heterocycles. The van der Waals surface area contributed by atoms with E-state index in [1.165, 1.54) is 0 Å². The minimum absolute atomic E-state index is 0.142. The number of hydrogen-bond acceptors (Lipinski definition) is 5. The molecule has 1 aromatic carbocycles. The summed E-state index contributed by atoms with van der Waals surface area (Å²) in [5.41, 5.74) is 2.73. The van der Waals surface area contributed by atoms with Gasteiger partial charge in [-0.2, -0.15) is 0 Å². The van der Waals surface area contributed by atoms with E-state index in [0.717, 1.165) is 68.1 Å². The Kier molecular flexibility index (Phi) is 6.28. The SMILES string of the molecule is O=C(NC1CCC[C@@H](Nc2ncc(Cl)c(-c3c[nH]c4ccccc34)n2)C1)C1CCNCC1. The molecule has 7 nitrogen and oxygen atoms in total. The maximum absolute atomic E-state index is 12.7. The fourth-order valence-electron chi connectivity index (χ4n) is 4.93. The number of carbonyl (C=O) groups excluding carboxylic acids is 1. The van der Waals surface area contributed by atoms with Gasteiger partial charge in [-0.05, 0) is 57.7 Å². The molecule has 168 valence electrons. The summed E-state index contributed by atoms with van der Waals surface area (Å²) in [6.45, 7) is 1.86. The largest absolute Gasteiger partial charge is 0.360 e. The zero-order chi connectivity index (χ0) is 21.9. The average Bonchev–Trinajstić information content (AvgIpc) is 3.25. The molecule has 2 atom stereocenters. The minimum atomic E-state index is 0.142. The maximum atomic E-state index is 12.7. The van der Waals surface area contributed by atoms with Crippen molar-refractivity contribution >= 4 is 34.4 Å². The first kappa shape index (κ1) is 21.2. The molecule has 1 amide bonds. The third-order valence-electron chi connectivity index (χ3n) is 6.65. The number of nitrogens with zero attached hydrogens (tertiary/aromatic N) is 2. The van der Waals surface area contributed by atoms with Crippen LogP contribution in [0.4, 0.5) is 5.95 Å². The van der Waals surface area contributed by atoms with E-state index in [1.807, 2.05) is 24.4 Å². The van der Waals surface area contributed by atoms with E-state index in [4.69, 9.17) is 16.6 Å². The summed E-state index contributed by atoms with van der Waals surface area (Å²) in [6, 6.07) is 8.52. The van der Waals surface area contributed by atoms with Crippen molar-refractivity contribution in [1.29, 1.82) is 0 Å². The second-order valence-electron chi connectivity index (χ2n) is 8.88. The summed E-state index contributed by atoms with van der Waals surface area (Å²) >= 11 is 6.47. The molecule has 1 saturated carbocycles. The van der Waals surface area contributed by atoms with Gasteiger partial charge in [-0.1, -0.05) is 29.8 Å². The molecule has 3 heterocycles. The highest BCUT2D eigenvalue weighted by molar-refractivity contribution is 6.33. The monoisotopic (exact) mass is 452 g/mol. The molecule has 2 aromatic heterocycles. The van der Waals surface area contributed by atoms with E-state index in [-0.39, 0.29) is 23.9 Å². The van der Waals surface area contributed by atoms with Crippen molar-refractivity contribution in [2.24, 2.45) is 5.92 Å². The number of para-hydroxylation sites is 1. The van der Waals surface area contributed by atoms with Gasteiger partial charge in [0.1, 0.15) is 0 Å². The molecule has 0 radical (unpaired) electrons. The second-order valence-corrected chi connectivity index (χ2v) is 9.28. The first-order valence-corrected chi connectivity index (χ1v) is 11.9. The van der Waals surface area contributed by atoms with E-state index >= 15 is 0 Å². The summed E-state index contributed by atoms with van der Waals surface area (Å²) < 4.78 is 0. The average molecular weight is 453 g/mol. The molecule has 4 N–H and O–H groups in total. The van der Waals surface area contributed by atoms with Gasteiger partial charge in [0.05, 0.1) is 16.9 Å². The molecular formula is C24H29ClN6O. The van der Waals surface area contributed by atoms with E-state index in [1.54, 1.807) is 6.20 Å². The van der Waals surface area contributed by atoms with Crippen molar-refractivity contribution in [2.75, 3.05) is 18.4 Å². The third kappa shape index (κ3) is 4.59. The normalized spacial score (nSPS) is 22.0. The van der Waals surface area contributed by atoms with Crippen LogP contribution in [0.1, 0.15) is 38.5 Å². The van der Waals surface area contributed by atoms with Crippen LogP contribution in [0.15, 0.2) is 36.7 Å². The molecule has 2 aliphatic rings. The number of hydrogen-bond donors (Lipinski definition) is 4. The number of aromatic amines is 1. The molecule has 5 rings (SSSR count). The van der Waals surface area contributed by atoms with Crippen LogP contribution in [0.3, 0.4) is 0 Å². The standard InChI is InChI=1S/C24H29ClN6O/c25-20-14-28-24(31-22(20)19-13-27-21-7-2-1-6-18(19)21)30-17-5-3-4-16(12-17)29-23(32)15-8-10-26-11-9-15/h1-2,6-7,13-17,26-27H,3-5,8-12H2,(H,29,32)(H,28,30,31)/t16?,17-/m1/s1. The van der Waals surface area contributed by atoms with Crippen molar-refractivity contribution in [3.63, 3.8) is 0 Å². The van der Waals surface area contributed by atoms with Crippen molar-refractivity contribution in [2.45, 2.75) is 50.6 Å². The Morgan fingerprint density at radius 2 is 1.91 bits per heavy atom. The Balaban J connectivity index is 1.27. The van der Waals surface area contributed by atoms with Crippen LogP contribution >= 0.6 is 11.6 Å². The van der Waals surface area contributed by atoms with Gasteiger partial charge in [0.25, 0.3) is 0 Å². The van der Waals surface area contributed by atoms with Crippen molar-refractivity contribution < 1.29 is 4.79 Å². The molecule has 0 spiro atoms. The first-order valence-electron chi connectivity index (χ1n) is 11.5. The fraction of sp³-hybridized carbons (Fsp3) is 0.458. The van der Waals surface area contributed by atoms with Crippen LogP contribution in [0.2, 0.25) is 5.02 Å². The quantitative estimate of drug-likeness (QED) is 0.467. The molecule has 8 heteroatoms. The van der Waals surface area contributed by atoms with Crippen molar-refractivity contribution in [3.05, 3.63) is 41.7 Å². The molecule has 32 heavy (non-hydrogen) atoms. The van der Waals surface area contributed by atoms with Crippen LogP contribution in [0.25, 0.3) is 22.2 Å². The topological polar surface area (TPSA) is 94.7 Å². The smallest absolute Gasteiger partial charge is 0.223 e. The Bertz CT molecular complexity index is 1090. The van der Waals surface area contributed by atoms with E-state index in [2.05, 4.69) is 32.0 Å². The molecular weight excluding hydrogens is 424 g/mol. The highest BCUT2D eigenvalue weighted by atomic mass is 35.5. The summed E-state index contributed by atoms with van der Waals surface area (Å²) in [6.07, 6.45) is 9.46. The molecule has 1 unspecified atom stereocenters. The van der Waals surface area contributed by atoms with Crippen molar-refractivity contribution in [1.82, 2.24) is 25.6 Å². The lowest BCUT2D eigenvalue weighted by Gasteiger charge is -2.32. The molecule has 2 fully saturated rings. The summed E-state index contributed by atoms with van der Waals surface area (Å²) in [7, 11) is 0. The number of piperidine rings is 1. The Hall–Kier alpha value is -2.64. The van der Waals surface area contributed by atoms with Crippen LogP contribution in [-0.4, -0.2) is 46.0 Å². The highest BCUT2D eigenvalue weighted by Crippen LogP contribution is 2.32. The van der Waals surface area contributed by atoms with Crippen LogP contribution < -0.4 is 16.0 Å². The lowest BCUT2D eigenvalue weighted by atomic mass is 9.89. The summed E-state index contributed by atoms with van der Waals surface area (Å²) in [5, 5.41) is 11.7. The number of rotatable bonds is 5. The molecule has 0 bridgehead atoms. The Morgan fingerprint density at radius 1 is 1.09 bits per heavy atom. The number of amides is 1. The predicted molar refractivity (Wildman–Crippen MR) is 128 cm³/mol. The number of aromatic nitrogens is 3. The van der Waals surface area contributed by atoms with Crippen molar-refractivity contribution in [3.8, 4) is 11.3 Å². The van der Waals surface area contributed by atoms with Crippen LogP contribution in [0.5, 0.6) is 0 Å². The molecule has 1 aliphatic carbocycles. The van der Waals surface area contributed by atoms with E-state index in [0.29, 0.717) is 16.7 Å². The summed E-state index contributed by atoms with van der Waals surface area (Å²) in [4.78, 5) is 25.1. The number of fused-ring (bicyclic) bond motifs is 1. The van der Waals surface area contributed by atoms with Crippen LogP contribution in [-0.2, 0) is 4.79 Å².